The maximum absolute atomic E-state index is 13.0. The van der Waals surface area contributed by atoms with Gasteiger partial charge in [-0.25, -0.2) is 0 Å². The minimum absolute atomic E-state index is 0.00123. The van der Waals surface area contributed by atoms with E-state index in [1.807, 2.05) is 13.8 Å². The highest BCUT2D eigenvalue weighted by Crippen LogP contribution is 2.42. The highest BCUT2D eigenvalue weighted by atomic mass is 35.5. The molecule has 1 aliphatic heterocycles. The van der Waals surface area contributed by atoms with Crippen LogP contribution in [-0.4, -0.2) is 45.9 Å². The summed E-state index contributed by atoms with van der Waals surface area (Å²) in [6, 6.07) is 10.9. The van der Waals surface area contributed by atoms with Crippen LogP contribution in [0.1, 0.15) is 37.4 Å². The number of carbonyl (C=O) groups excluding carboxylic acids is 2. The number of aliphatic hydroxyl groups excluding tert-OH is 1. The predicted molar refractivity (Wildman–Crippen MR) is 119 cm³/mol. The molecule has 1 aliphatic rings. The topological polar surface area (TPSA) is 110 Å². The molecular formula is C23H23ClN2O6. The van der Waals surface area contributed by atoms with E-state index in [0.29, 0.717) is 18.1 Å². The standard InChI is InChI=1S/C23H23ClN2O6/c1-14(2)32-13-5-12-25-20(17-6-3-4-7-18(17)26(30)31)19(22(28)23(25)29)21(27)15-8-10-16(24)11-9-15/h3-4,6-11,14,20,27H,5,12-13H2,1-2H3/t20-/m1/s1. The van der Waals surface area contributed by atoms with E-state index in [0.717, 1.165) is 0 Å². The number of hydrogen-bond acceptors (Lipinski definition) is 6. The van der Waals surface area contributed by atoms with E-state index in [1.54, 1.807) is 6.07 Å². The molecule has 0 unspecified atom stereocenters. The molecule has 32 heavy (non-hydrogen) atoms. The molecule has 0 bridgehead atoms. The van der Waals surface area contributed by atoms with Crippen molar-refractivity contribution < 1.29 is 24.4 Å². The summed E-state index contributed by atoms with van der Waals surface area (Å²) in [5.74, 6) is -2.14. The Morgan fingerprint density at radius 3 is 2.47 bits per heavy atom. The highest BCUT2D eigenvalue weighted by molar-refractivity contribution is 6.46. The number of nitro groups is 1. The lowest BCUT2D eigenvalue weighted by atomic mass is 9.94. The number of nitrogens with zero attached hydrogens (tertiary/aromatic N) is 2. The van der Waals surface area contributed by atoms with E-state index in [9.17, 15) is 24.8 Å². The first-order valence-electron chi connectivity index (χ1n) is 10.1. The van der Waals surface area contributed by atoms with Gasteiger partial charge in [0.2, 0.25) is 0 Å². The van der Waals surface area contributed by atoms with Crippen molar-refractivity contribution in [3.8, 4) is 0 Å². The Bertz CT molecular complexity index is 1060. The second kappa shape index (κ2) is 9.93. The molecule has 2 aromatic rings. The van der Waals surface area contributed by atoms with Crippen LogP contribution in [0.4, 0.5) is 5.69 Å². The SMILES string of the molecule is CC(C)OCCCN1C(=O)C(=O)C(=C(O)c2ccc(Cl)cc2)[C@H]1c1ccccc1[N+](=O)[O-]. The first kappa shape index (κ1) is 23.4. The van der Waals surface area contributed by atoms with Crippen LogP contribution < -0.4 is 0 Å². The fourth-order valence-corrected chi connectivity index (χ4v) is 3.76. The molecule has 1 atom stereocenters. The summed E-state index contributed by atoms with van der Waals surface area (Å²) in [4.78, 5) is 38.2. The molecule has 8 nitrogen and oxygen atoms in total. The minimum atomic E-state index is -1.11. The molecule has 168 valence electrons. The minimum Gasteiger partial charge on any atom is -0.507 e. The second-order valence-corrected chi connectivity index (χ2v) is 8.02. The molecule has 1 N–H and O–H groups in total. The van der Waals surface area contributed by atoms with Gasteiger partial charge < -0.3 is 14.7 Å². The maximum atomic E-state index is 13.0. The number of para-hydroxylation sites is 1. The fraction of sp³-hybridized carbons (Fsp3) is 0.304. The van der Waals surface area contributed by atoms with Crippen molar-refractivity contribution in [2.75, 3.05) is 13.2 Å². The number of aliphatic hydroxyl groups is 1. The zero-order chi connectivity index (χ0) is 23.4. The number of ether oxygens (including phenoxy) is 1. The van der Waals surface area contributed by atoms with Crippen LogP contribution in [0.15, 0.2) is 54.1 Å². The van der Waals surface area contributed by atoms with Crippen LogP contribution in [0.5, 0.6) is 0 Å². The largest absolute Gasteiger partial charge is 0.507 e. The molecule has 0 spiro atoms. The first-order valence-corrected chi connectivity index (χ1v) is 10.5. The van der Waals surface area contributed by atoms with Gasteiger partial charge in [-0.15, -0.1) is 0 Å². The van der Waals surface area contributed by atoms with Crippen molar-refractivity contribution in [3.63, 3.8) is 0 Å². The summed E-state index contributed by atoms with van der Waals surface area (Å²) < 4.78 is 5.52. The Balaban J connectivity index is 2.11. The van der Waals surface area contributed by atoms with Gasteiger partial charge in [0.1, 0.15) is 5.76 Å². The van der Waals surface area contributed by atoms with E-state index >= 15 is 0 Å². The molecule has 0 aliphatic carbocycles. The van der Waals surface area contributed by atoms with Crippen LogP contribution in [-0.2, 0) is 14.3 Å². The van der Waals surface area contributed by atoms with Crippen molar-refractivity contribution in [2.45, 2.75) is 32.4 Å². The monoisotopic (exact) mass is 458 g/mol. The number of hydrogen-bond donors (Lipinski definition) is 1. The third-order valence-electron chi connectivity index (χ3n) is 5.08. The molecule has 9 heteroatoms. The number of carbonyl (C=O) groups is 2. The molecular weight excluding hydrogens is 436 g/mol. The zero-order valence-electron chi connectivity index (χ0n) is 17.7. The Hall–Kier alpha value is -3.23. The number of benzene rings is 2. The van der Waals surface area contributed by atoms with Crippen LogP contribution in [0.25, 0.3) is 5.76 Å². The third kappa shape index (κ3) is 4.81. The van der Waals surface area contributed by atoms with Crippen molar-refractivity contribution in [2.24, 2.45) is 0 Å². The molecule has 2 aromatic carbocycles. The Labute approximate surface area is 190 Å². The Morgan fingerprint density at radius 1 is 1.19 bits per heavy atom. The van der Waals surface area contributed by atoms with E-state index in [1.165, 1.54) is 47.4 Å². The van der Waals surface area contributed by atoms with Crippen molar-refractivity contribution in [1.29, 1.82) is 0 Å². The Kier molecular flexibility index (Phi) is 7.27. The molecule has 1 saturated heterocycles. The van der Waals surface area contributed by atoms with Crippen LogP contribution in [0, 0.1) is 10.1 Å². The molecule has 1 fully saturated rings. The lowest BCUT2D eigenvalue weighted by molar-refractivity contribution is -0.385. The van der Waals surface area contributed by atoms with Crippen molar-refractivity contribution >= 4 is 34.7 Å². The molecule has 0 saturated carbocycles. The third-order valence-corrected chi connectivity index (χ3v) is 5.33. The van der Waals surface area contributed by atoms with E-state index in [-0.39, 0.29) is 35.0 Å². The van der Waals surface area contributed by atoms with Gasteiger partial charge in [-0.2, -0.15) is 0 Å². The number of nitro benzene ring substituents is 1. The number of halogens is 1. The van der Waals surface area contributed by atoms with Gasteiger partial charge in [-0.1, -0.05) is 23.7 Å². The summed E-state index contributed by atoms with van der Waals surface area (Å²) in [6.45, 7) is 4.24. The average Bonchev–Trinajstić information content (AvgIpc) is 3.01. The van der Waals surface area contributed by atoms with Crippen molar-refractivity contribution in [3.05, 3.63) is 80.4 Å². The van der Waals surface area contributed by atoms with E-state index in [4.69, 9.17) is 16.3 Å². The normalized spacial score (nSPS) is 17.9. The van der Waals surface area contributed by atoms with Gasteiger partial charge in [0.15, 0.2) is 0 Å². The second-order valence-electron chi connectivity index (χ2n) is 7.59. The van der Waals surface area contributed by atoms with Crippen molar-refractivity contribution in [1.82, 2.24) is 4.90 Å². The predicted octanol–water partition coefficient (Wildman–Crippen LogP) is 4.49. The molecule has 3 rings (SSSR count). The maximum Gasteiger partial charge on any atom is 0.295 e. The number of rotatable bonds is 8. The number of likely N-dealkylation sites (tertiary alicyclic amines) is 1. The van der Waals surface area contributed by atoms with Gasteiger partial charge in [0.05, 0.1) is 28.2 Å². The van der Waals surface area contributed by atoms with Gasteiger partial charge >= 0.3 is 0 Å². The van der Waals surface area contributed by atoms with E-state index < -0.39 is 28.4 Å². The van der Waals surface area contributed by atoms with Crippen LogP contribution >= 0.6 is 11.6 Å². The lowest BCUT2D eigenvalue weighted by Gasteiger charge is -2.25. The summed E-state index contributed by atoms with van der Waals surface area (Å²) in [7, 11) is 0. The van der Waals surface area contributed by atoms with Crippen LogP contribution in [0.3, 0.4) is 0 Å². The zero-order valence-corrected chi connectivity index (χ0v) is 18.4. The summed E-state index contributed by atoms with van der Waals surface area (Å²) in [5, 5.41) is 23.1. The molecule has 0 radical (unpaired) electrons. The molecule has 1 amide bonds. The summed E-state index contributed by atoms with van der Waals surface area (Å²) >= 11 is 5.91. The molecule has 0 aromatic heterocycles. The van der Waals surface area contributed by atoms with Gasteiger partial charge in [-0.05, 0) is 50.6 Å². The first-order chi connectivity index (χ1) is 15.2. The summed E-state index contributed by atoms with van der Waals surface area (Å²) in [6.07, 6.45) is 0.421. The smallest absolute Gasteiger partial charge is 0.295 e. The van der Waals surface area contributed by atoms with Gasteiger partial charge in [-0.3, -0.25) is 19.7 Å². The Morgan fingerprint density at radius 2 is 1.84 bits per heavy atom. The van der Waals surface area contributed by atoms with Gasteiger partial charge in [0.25, 0.3) is 17.4 Å². The average molecular weight is 459 g/mol. The number of Topliss-reactive ketones (excluding diaryl/α,β-unsaturated/α-hetero) is 1. The fourth-order valence-electron chi connectivity index (χ4n) is 3.64. The van der Waals surface area contributed by atoms with Crippen LogP contribution in [0.2, 0.25) is 5.02 Å². The van der Waals surface area contributed by atoms with Gasteiger partial charge in [0, 0.05) is 29.8 Å². The quantitative estimate of drug-likeness (QED) is 0.156. The lowest BCUT2D eigenvalue weighted by Crippen LogP contribution is -2.31. The number of ketones is 1. The van der Waals surface area contributed by atoms with E-state index in [2.05, 4.69) is 0 Å². The summed E-state index contributed by atoms with van der Waals surface area (Å²) in [5.41, 5.74) is -0.0163. The highest BCUT2D eigenvalue weighted by Gasteiger charge is 2.47. The molecule has 1 heterocycles. The number of amides is 1.